The van der Waals surface area contributed by atoms with Gasteiger partial charge in [0.15, 0.2) is 0 Å². The normalized spacial score (nSPS) is 10.7. The summed E-state index contributed by atoms with van der Waals surface area (Å²) >= 11 is 0. The largest absolute Gasteiger partial charge is 0.497 e. The smallest absolute Gasteiger partial charge is 0.119 e. The van der Waals surface area contributed by atoms with Gasteiger partial charge in [0.1, 0.15) is 5.75 Å². The first-order valence-corrected chi connectivity index (χ1v) is 6.59. The monoisotopic (exact) mass is 264 g/mol. The van der Waals surface area contributed by atoms with Crippen LogP contribution in [0.1, 0.15) is 5.56 Å². The second kappa shape index (κ2) is 5.35. The van der Waals surface area contributed by atoms with E-state index in [9.17, 15) is 5.11 Å². The third-order valence-corrected chi connectivity index (χ3v) is 3.48. The van der Waals surface area contributed by atoms with Gasteiger partial charge in [-0.2, -0.15) is 0 Å². The van der Waals surface area contributed by atoms with Crippen LogP contribution >= 0.6 is 0 Å². The first kappa shape index (κ1) is 12.7. The topological polar surface area (TPSA) is 29.5 Å². The van der Waals surface area contributed by atoms with E-state index >= 15 is 0 Å². The number of hydrogen-bond acceptors (Lipinski definition) is 2. The highest BCUT2D eigenvalue weighted by Crippen LogP contribution is 2.32. The number of ether oxygens (including phenoxy) is 1. The van der Waals surface area contributed by atoms with E-state index in [1.54, 1.807) is 7.11 Å². The Hall–Kier alpha value is -2.32. The predicted molar refractivity (Wildman–Crippen MR) is 81.9 cm³/mol. The molecule has 100 valence electrons. The van der Waals surface area contributed by atoms with Crippen LogP contribution in [0.25, 0.3) is 21.9 Å². The zero-order chi connectivity index (χ0) is 13.9. The van der Waals surface area contributed by atoms with Crippen LogP contribution in [-0.2, 0) is 6.61 Å². The molecule has 3 aromatic rings. The minimum atomic E-state index is 0.0435. The van der Waals surface area contributed by atoms with Crippen LogP contribution in [0.3, 0.4) is 0 Å². The maximum Gasteiger partial charge on any atom is 0.119 e. The van der Waals surface area contributed by atoms with Gasteiger partial charge in [0.05, 0.1) is 13.7 Å². The van der Waals surface area contributed by atoms with Gasteiger partial charge in [0.25, 0.3) is 0 Å². The lowest BCUT2D eigenvalue weighted by Gasteiger charge is -2.10. The first-order valence-electron chi connectivity index (χ1n) is 6.59. The third kappa shape index (κ3) is 2.26. The molecule has 0 fully saturated rings. The lowest BCUT2D eigenvalue weighted by Crippen LogP contribution is -1.89. The van der Waals surface area contributed by atoms with E-state index in [4.69, 9.17) is 4.74 Å². The second-order valence-electron chi connectivity index (χ2n) is 4.75. The number of rotatable bonds is 3. The zero-order valence-electron chi connectivity index (χ0n) is 11.3. The molecule has 0 heterocycles. The molecular formula is C18H16O2. The molecule has 20 heavy (non-hydrogen) atoms. The quantitative estimate of drug-likeness (QED) is 0.774. The highest BCUT2D eigenvalue weighted by Gasteiger charge is 2.07. The van der Waals surface area contributed by atoms with Crippen molar-refractivity contribution in [2.75, 3.05) is 7.11 Å². The summed E-state index contributed by atoms with van der Waals surface area (Å²) in [6.07, 6.45) is 0. The van der Waals surface area contributed by atoms with Crippen molar-refractivity contribution in [3.63, 3.8) is 0 Å². The molecule has 0 aromatic heterocycles. The lowest BCUT2D eigenvalue weighted by atomic mass is 9.95. The Balaban J connectivity index is 2.28. The van der Waals surface area contributed by atoms with Gasteiger partial charge in [0.2, 0.25) is 0 Å². The zero-order valence-corrected chi connectivity index (χ0v) is 11.3. The van der Waals surface area contributed by atoms with Crippen molar-refractivity contribution in [3.8, 4) is 16.9 Å². The average molecular weight is 264 g/mol. The lowest BCUT2D eigenvalue weighted by molar-refractivity contribution is 0.282. The number of hydrogen-bond donors (Lipinski definition) is 1. The van der Waals surface area contributed by atoms with Gasteiger partial charge in [-0.3, -0.25) is 0 Å². The maximum absolute atomic E-state index is 9.44. The summed E-state index contributed by atoms with van der Waals surface area (Å²) in [4.78, 5) is 0. The molecule has 1 N–H and O–H groups in total. The summed E-state index contributed by atoms with van der Waals surface area (Å²) in [5.41, 5.74) is 3.13. The van der Waals surface area contributed by atoms with Gasteiger partial charge in [-0.15, -0.1) is 0 Å². The second-order valence-corrected chi connectivity index (χ2v) is 4.75. The van der Waals surface area contributed by atoms with Gasteiger partial charge >= 0.3 is 0 Å². The Labute approximate surface area is 118 Å². The average Bonchev–Trinajstić information content (AvgIpc) is 2.53. The fraction of sp³-hybridized carbons (Fsp3) is 0.111. The molecular weight excluding hydrogens is 248 g/mol. The van der Waals surface area contributed by atoms with Crippen LogP contribution < -0.4 is 4.74 Å². The molecule has 0 radical (unpaired) electrons. The number of aliphatic hydroxyl groups is 1. The maximum atomic E-state index is 9.44. The van der Waals surface area contributed by atoms with Crippen LogP contribution in [0.2, 0.25) is 0 Å². The van der Waals surface area contributed by atoms with Crippen molar-refractivity contribution in [2.24, 2.45) is 0 Å². The van der Waals surface area contributed by atoms with E-state index in [1.165, 1.54) is 5.39 Å². The SMILES string of the molecule is COc1cccc(-c2cc(CO)cc3ccccc23)c1. The summed E-state index contributed by atoms with van der Waals surface area (Å²) in [7, 11) is 1.67. The highest BCUT2D eigenvalue weighted by molar-refractivity contribution is 5.97. The third-order valence-electron chi connectivity index (χ3n) is 3.48. The Kier molecular flexibility index (Phi) is 3.40. The van der Waals surface area contributed by atoms with Gasteiger partial charge in [-0.05, 0) is 51.7 Å². The van der Waals surface area contributed by atoms with Crippen molar-refractivity contribution in [1.82, 2.24) is 0 Å². The number of aliphatic hydroxyl groups excluding tert-OH is 1. The van der Waals surface area contributed by atoms with Gasteiger partial charge in [-0.1, -0.05) is 36.4 Å². The molecule has 0 unspecified atom stereocenters. The first-order chi connectivity index (χ1) is 9.81. The molecule has 0 aliphatic heterocycles. The number of benzene rings is 3. The summed E-state index contributed by atoms with van der Waals surface area (Å²) < 4.78 is 5.30. The minimum Gasteiger partial charge on any atom is -0.497 e. The molecule has 2 nitrogen and oxygen atoms in total. The number of fused-ring (bicyclic) bond motifs is 1. The molecule has 0 spiro atoms. The molecule has 0 aliphatic carbocycles. The number of methoxy groups -OCH3 is 1. The van der Waals surface area contributed by atoms with E-state index in [1.807, 2.05) is 42.5 Å². The van der Waals surface area contributed by atoms with Crippen LogP contribution in [0.15, 0.2) is 60.7 Å². The van der Waals surface area contributed by atoms with Crippen molar-refractivity contribution in [2.45, 2.75) is 6.61 Å². The predicted octanol–water partition coefficient (Wildman–Crippen LogP) is 4.01. The van der Waals surface area contributed by atoms with E-state index < -0.39 is 0 Å². The van der Waals surface area contributed by atoms with E-state index in [0.29, 0.717) is 0 Å². The minimum absolute atomic E-state index is 0.0435. The van der Waals surface area contributed by atoms with Gasteiger partial charge < -0.3 is 9.84 Å². The molecule has 3 rings (SSSR count). The molecule has 0 saturated heterocycles. The molecule has 0 aliphatic rings. The molecule has 0 saturated carbocycles. The van der Waals surface area contributed by atoms with Crippen molar-refractivity contribution in [3.05, 3.63) is 66.2 Å². The Morgan fingerprint density at radius 1 is 0.950 bits per heavy atom. The summed E-state index contributed by atoms with van der Waals surface area (Å²) in [5, 5.41) is 11.8. The molecule has 0 atom stereocenters. The fourth-order valence-electron chi connectivity index (χ4n) is 2.49. The van der Waals surface area contributed by atoms with Crippen LogP contribution in [-0.4, -0.2) is 12.2 Å². The van der Waals surface area contributed by atoms with Gasteiger partial charge in [0, 0.05) is 0 Å². The van der Waals surface area contributed by atoms with Crippen molar-refractivity contribution >= 4 is 10.8 Å². The Morgan fingerprint density at radius 3 is 2.60 bits per heavy atom. The standard InChI is InChI=1S/C18H16O2/c1-20-16-7-4-6-15(11-16)18-10-13(12-19)9-14-5-2-3-8-17(14)18/h2-11,19H,12H2,1H3. The van der Waals surface area contributed by atoms with Crippen LogP contribution in [0.4, 0.5) is 0 Å². The van der Waals surface area contributed by atoms with Crippen molar-refractivity contribution < 1.29 is 9.84 Å². The Morgan fingerprint density at radius 2 is 1.80 bits per heavy atom. The van der Waals surface area contributed by atoms with Crippen LogP contribution in [0.5, 0.6) is 5.75 Å². The molecule has 0 amide bonds. The molecule has 0 bridgehead atoms. The molecule has 3 aromatic carbocycles. The van der Waals surface area contributed by atoms with E-state index in [-0.39, 0.29) is 6.61 Å². The summed E-state index contributed by atoms with van der Waals surface area (Å²) in [6, 6.07) is 20.3. The van der Waals surface area contributed by atoms with E-state index in [0.717, 1.165) is 27.8 Å². The summed E-state index contributed by atoms with van der Waals surface area (Å²) in [5.74, 6) is 0.834. The summed E-state index contributed by atoms with van der Waals surface area (Å²) in [6.45, 7) is 0.0435. The Bertz CT molecular complexity index is 747. The van der Waals surface area contributed by atoms with E-state index in [2.05, 4.69) is 18.2 Å². The van der Waals surface area contributed by atoms with Gasteiger partial charge in [-0.25, -0.2) is 0 Å². The highest BCUT2D eigenvalue weighted by atomic mass is 16.5. The molecule has 2 heteroatoms. The van der Waals surface area contributed by atoms with Crippen molar-refractivity contribution in [1.29, 1.82) is 0 Å². The fourth-order valence-corrected chi connectivity index (χ4v) is 2.49. The van der Waals surface area contributed by atoms with Crippen LogP contribution in [0, 0.1) is 0 Å².